The number of nitriles is 1. The van der Waals surface area contributed by atoms with E-state index < -0.39 is 0 Å². The summed E-state index contributed by atoms with van der Waals surface area (Å²) in [6.45, 7) is 0. The van der Waals surface area contributed by atoms with E-state index in [1.807, 2.05) is 18.2 Å². The Balaban J connectivity index is 2.28. The molecule has 1 heterocycles. The van der Waals surface area contributed by atoms with Crippen molar-refractivity contribution >= 4 is 17.3 Å². The van der Waals surface area contributed by atoms with Crippen LogP contribution in [0.5, 0.6) is 0 Å². The van der Waals surface area contributed by atoms with Crippen LogP contribution in [0.4, 0.5) is 17.3 Å². The third kappa shape index (κ3) is 2.49. The second-order valence-corrected chi connectivity index (χ2v) is 3.32. The van der Waals surface area contributed by atoms with Crippen LogP contribution in [0.15, 0.2) is 36.7 Å². The molecule has 0 unspecified atom stereocenters. The van der Waals surface area contributed by atoms with Gasteiger partial charge < -0.3 is 10.6 Å². The highest BCUT2D eigenvalue weighted by molar-refractivity contribution is 5.64. The van der Waals surface area contributed by atoms with Crippen LogP contribution < -0.4 is 10.6 Å². The first-order chi connectivity index (χ1) is 8.33. The number of benzene rings is 1. The van der Waals surface area contributed by atoms with E-state index in [2.05, 4.69) is 26.7 Å². The lowest BCUT2D eigenvalue weighted by molar-refractivity contribution is 1.18. The highest BCUT2D eigenvalue weighted by Gasteiger charge is 2.02. The van der Waals surface area contributed by atoms with Gasteiger partial charge in [-0.15, -0.1) is 0 Å². The Kier molecular flexibility index (Phi) is 3.17. The van der Waals surface area contributed by atoms with E-state index in [-0.39, 0.29) is 0 Å². The third-order valence-corrected chi connectivity index (χ3v) is 2.20. The number of hydrogen-bond acceptors (Lipinski definition) is 5. The van der Waals surface area contributed by atoms with Crippen LogP contribution in [0, 0.1) is 11.3 Å². The number of rotatable bonds is 3. The molecular weight excluding hydrogens is 214 g/mol. The maximum Gasteiger partial charge on any atom is 0.151 e. The van der Waals surface area contributed by atoms with Crippen molar-refractivity contribution in [2.45, 2.75) is 0 Å². The molecule has 2 rings (SSSR count). The number of aromatic nitrogens is 2. The average Bonchev–Trinajstić information content (AvgIpc) is 2.39. The second-order valence-electron chi connectivity index (χ2n) is 3.32. The van der Waals surface area contributed by atoms with Crippen LogP contribution in [0.25, 0.3) is 0 Å². The number of anilines is 3. The summed E-state index contributed by atoms with van der Waals surface area (Å²) in [7, 11) is 1.77. The van der Waals surface area contributed by atoms with Gasteiger partial charge in [-0.2, -0.15) is 5.26 Å². The molecule has 0 fully saturated rings. The van der Waals surface area contributed by atoms with E-state index >= 15 is 0 Å². The van der Waals surface area contributed by atoms with Gasteiger partial charge in [-0.3, -0.25) is 4.98 Å². The first kappa shape index (κ1) is 10.9. The average molecular weight is 225 g/mol. The Hall–Kier alpha value is -2.61. The van der Waals surface area contributed by atoms with Crippen LogP contribution in [0.2, 0.25) is 0 Å². The topological polar surface area (TPSA) is 73.6 Å². The Morgan fingerprint density at radius 2 is 1.94 bits per heavy atom. The Bertz CT molecular complexity index is 559. The van der Waals surface area contributed by atoms with Gasteiger partial charge in [-0.25, -0.2) is 4.98 Å². The smallest absolute Gasteiger partial charge is 0.151 e. The third-order valence-electron chi connectivity index (χ3n) is 2.20. The van der Waals surface area contributed by atoms with Gasteiger partial charge in [0.25, 0.3) is 0 Å². The van der Waals surface area contributed by atoms with E-state index in [1.54, 1.807) is 25.5 Å². The molecule has 0 radical (unpaired) electrons. The zero-order valence-electron chi connectivity index (χ0n) is 9.31. The minimum Gasteiger partial charge on any atom is -0.372 e. The molecule has 0 atom stereocenters. The maximum atomic E-state index is 8.96. The fourth-order valence-corrected chi connectivity index (χ4v) is 1.37. The van der Waals surface area contributed by atoms with Crippen molar-refractivity contribution in [3.05, 3.63) is 42.2 Å². The number of nitrogens with one attached hydrogen (secondary N) is 2. The largest absolute Gasteiger partial charge is 0.372 e. The van der Waals surface area contributed by atoms with Crippen molar-refractivity contribution in [2.24, 2.45) is 0 Å². The van der Waals surface area contributed by atoms with Crippen molar-refractivity contribution < 1.29 is 0 Å². The molecule has 0 bridgehead atoms. The molecule has 0 aliphatic rings. The lowest BCUT2D eigenvalue weighted by atomic mass is 10.2. The molecule has 5 nitrogen and oxygen atoms in total. The molecule has 17 heavy (non-hydrogen) atoms. The fourth-order valence-electron chi connectivity index (χ4n) is 1.37. The van der Waals surface area contributed by atoms with Gasteiger partial charge >= 0.3 is 0 Å². The molecule has 5 heteroatoms. The SMILES string of the molecule is CNc1cncc(Nc2ccccc2C#N)n1. The lowest BCUT2D eigenvalue weighted by Gasteiger charge is -2.07. The molecule has 1 aromatic carbocycles. The molecule has 0 saturated heterocycles. The van der Waals surface area contributed by atoms with Crippen LogP contribution in [-0.2, 0) is 0 Å². The van der Waals surface area contributed by atoms with Gasteiger partial charge in [-0.05, 0) is 12.1 Å². The predicted molar refractivity (Wildman–Crippen MR) is 66.0 cm³/mol. The van der Waals surface area contributed by atoms with Gasteiger partial charge in [-0.1, -0.05) is 12.1 Å². The maximum absolute atomic E-state index is 8.96. The van der Waals surface area contributed by atoms with Gasteiger partial charge in [0, 0.05) is 7.05 Å². The van der Waals surface area contributed by atoms with E-state index in [4.69, 9.17) is 5.26 Å². The van der Waals surface area contributed by atoms with Crippen LogP contribution in [-0.4, -0.2) is 17.0 Å². The highest BCUT2D eigenvalue weighted by Crippen LogP contribution is 2.18. The van der Waals surface area contributed by atoms with E-state index in [0.29, 0.717) is 17.2 Å². The minimum atomic E-state index is 0.573. The number of para-hydroxylation sites is 1. The van der Waals surface area contributed by atoms with E-state index in [9.17, 15) is 0 Å². The summed E-state index contributed by atoms with van der Waals surface area (Å²) in [5.74, 6) is 1.27. The van der Waals surface area contributed by atoms with Crippen LogP contribution in [0.3, 0.4) is 0 Å². The van der Waals surface area contributed by atoms with Gasteiger partial charge in [0.05, 0.1) is 23.6 Å². The molecule has 0 aliphatic heterocycles. The molecule has 2 N–H and O–H groups in total. The van der Waals surface area contributed by atoms with Crippen molar-refractivity contribution in [1.29, 1.82) is 5.26 Å². The number of hydrogen-bond donors (Lipinski definition) is 2. The van der Waals surface area contributed by atoms with Crippen molar-refractivity contribution in [3.63, 3.8) is 0 Å². The summed E-state index contributed by atoms with van der Waals surface area (Å²) in [5, 5.41) is 14.9. The predicted octanol–water partition coefficient (Wildman–Crippen LogP) is 2.13. The van der Waals surface area contributed by atoms with Gasteiger partial charge in [0.2, 0.25) is 0 Å². The molecule has 2 aromatic rings. The zero-order chi connectivity index (χ0) is 12.1. The summed E-state index contributed by atoms with van der Waals surface area (Å²) in [6.07, 6.45) is 3.23. The molecule has 0 amide bonds. The molecule has 0 saturated carbocycles. The first-order valence-corrected chi connectivity index (χ1v) is 5.09. The summed E-state index contributed by atoms with van der Waals surface area (Å²) < 4.78 is 0. The Labute approximate surface area is 99.1 Å². The summed E-state index contributed by atoms with van der Waals surface area (Å²) in [4.78, 5) is 8.30. The van der Waals surface area contributed by atoms with Gasteiger partial charge in [0.1, 0.15) is 11.9 Å². The quantitative estimate of drug-likeness (QED) is 0.837. The molecule has 0 spiro atoms. The molecular formula is C12H11N5. The van der Waals surface area contributed by atoms with Crippen LogP contribution in [0.1, 0.15) is 5.56 Å². The van der Waals surface area contributed by atoms with Crippen molar-refractivity contribution in [3.8, 4) is 6.07 Å². The van der Waals surface area contributed by atoms with E-state index in [0.717, 1.165) is 5.69 Å². The summed E-state index contributed by atoms with van der Waals surface area (Å²) >= 11 is 0. The monoisotopic (exact) mass is 225 g/mol. The molecule has 0 aliphatic carbocycles. The van der Waals surface area contributed by atoms with Crippen molar-refractivity contribution in [2.75, 3.05) is 17.7 Å². The highest BCUT2D eigenvalue weighted by atomic mass is 15.1. The number of nitrogens with zero attached hydrogens (tertiary/aromatic N) is 3. The lowest BCUT2D eigenvalue weighted by Crippen LogP contribution is -1.99. The van der Waals surface area contributed by atoms with Crippen LogP contribution >= 0.6 is 0 Å². The van der Waals surface area contributed by atoms with Crippen molar-refractivity contribution in [1.82, 2.24) is 9.97 Å². The Morgan fingerprint density at radius 1 is 1.18 bits per heavy atom. The summed E-state index contributed by atoms with van der Waals surface area (Å²) in [5.41, 5.74) is 1.29. The first-order valence-electron chi connectivity index (χ1n) is 5.09. The second kappa shape index (κ2) is 4.94. The van der Waals surface area contributed by atoms with Gasteiger partial charge in [0.15, 0.2) is 5.82 Å². The van der Waals surface area contributed by atoms with E-state index in [1.165, 1.54) is 0 Å². The normalized spacial score (nSPS) is 9.41. The summed E-state index contributed by atoms with van der Waals surface area (Å²) in [6, 6.07) is 9.37. The zero-order valence-corrected chi connectivity index (χ0v) is 9.31. The molecule has 84 valence electrons. The Morgan fingerprint density at radius 3 is 2.71 bits per heavy atom. The fraction of sp³-hybridized carbons (Fsp3) is 0.0833. The molecule has 1 aromatic heterocycles. The minimum absolute atomic E-state index is 0.573. The standard InChI is InChI=1S/C12H11N5/c1-14-11-7-15-8-12(17-11)16-10-5-3-2-4-9(10)6-13/h2-5,7-8H,1H3,(H2,14,16,17).